The molecular weight excluding hydrogens is 290 g/mol. The quantitative estimate of drug-likeness (QED) is 0.874. The summed E-state index contributed by atoms with van der Waals surface area (Å²) in [4.78, 5) is 16.4. The SMILES string of the molecule is Cc1ccc(CN2CC(=O)N(c3ccccc3C#N)CC2C)o1. The van der Waals surface area contributed by atoms with Gasteiger partial charge in [-0.25, -0.2) is 0 Å². The summed E-state index contributed by atoms with van der Waals surface area (Å²) in [5.41, 5.74) is 1.23. The normalized spacial score (nSPS) is 18.9. The molecule has 5 heteroatoms. The van der Waals surface area contributed by atoms with Gasteiger partial charge >= 0.3 is 0 Å². The third-order valence-corrected chi connectivity index (χ3v) is 4.18. The van der Waals surface area contributed by atoms with Crippen LogP contribution < -0.4 is 4.90 Å². The second kappa shape index (κ2) is 6.27. The minimum Gasteiger partial charge on any atom is -0.465 e. The summed E-state index contributed by atoms with van der Waals surface area (Å²) in [5.74, 6) is 1.75. The van der Waals surface area contributed by atoms with Gasteiger partial charge in [0.25, 0.3) is 0 Å². The van der Waals surface area contributed by atoms with E-state index >= 15 is 0 Å². The van der Waals surface area contributed by atoms with Crippen LogP contribution in [0.1, 0.15) is 24.0 Å². The summed E-state index contributed by atoms with van der Waals surface area (Å²) in [6.07, 6.45) is 0. The van der Waals surface area contributed by atoms with E-state index < -0.39 is 0 Å². The molecule has 1 aliphatic rings. The molecular formula is C18H19N3O2. The van der Waals surface area contributed by atoms with Gasteiger partial charge in [0.1, 0.15) is 17.6 Å². The standard InChI is InChI=1S/C18H19N3O2/c1-13-10-21(17-6-4-3-5-15(17)9-19)18(22)12-20(13)11-16-8-7-14(2)23-16/h3-8,13H,10-12H2,1-2H3. The van der Waals surface area contributed by atoms with E-state index in [1.54, 1.807) is 11.0 Å². The van der Waals surface area contributed by atoms with Crippen LogP contribution in [0.5, 0.6) is 0 Å². The van der Waals surface area contributed by atoms with Gasteiger partial charge in [0, 0.05) is 12.6 Å². The molecule has 23 heavy (non-hydrogen) atoms. The van der Waals surface area contributed by atoms with Crippen LogP contribution in [-0.2, 0) is 11.3 Å². The molecule has 0 N–H and O–H groups in total. The molecule has 1 amide bonds. The fraction of sp³-hybridized carbons (Fsp3) is 0.333. The number of rotatable bonds is 3. The van der Waals surface area contributed by atoms with Gasteiger partial charge in [-0.15, -0.1) is 0 Å². The molecule has 0 aliphatic carbocycles. The van der Waals surface area contributed by atoms with Gasteiger partial charge in [0.2, 0.25) is 5.91 Å². The number of para-hydroxylation sites is 1. The van der Waals surface area contributed by atoms with Crippen molar-refractivity contribution >= 4 is 11.6 Å². The van der Waals surface area contributed by atoms with Crippen LogP contribution in [0.3, 0.4) is 0 Å². The zero-order valence-electron chi connectivity index (χ0n) is 13.3. The maximum Gasteiger partial charge on any atom is 0.241 e. The molecule has 1 saturated heterocycles. The second-order valence-corrected chi connectivity index (χ2v) is 5.90. The van der Waals surface area contributed by atoms with Gasteiger partial charge in [-0.2, -0.15) is 5.26 Å². The highest BCUT2D eigenvalue weighted by atomic mass is 16.3. The van der Waals surface area contributed by atoms with E-state index in [-0.39, 0.29) is 11.9 Å². The van der Waals surface area contributed by atoms with Crippen molar-refractivity contribution in [3.63, 3.8) is 0 Å². The number of carbonyl (C=O) groups is 1. The van der Waals surface area contributed by atoms with Crippen LogP contribution in [0.25, 0.3) is 0 Å². The number of furan rings is 1. The largest absolute Gasteiger partial charge is 0.465 e. The van der Waals surface area contributed by atoms with E-state index in [2.05, 4.69) is 17.9 Å². The lowest BCUT2D eigenvalue weighted by atomic mass is 10.1. The van der Waals surface area contributed by atoms with Crippen molar-refractivity contribution in [1.82, 2.24) is 4.90 Å². The van der Waals surface area contributed by atoms with Crippen molar-refractivity contribution in [1.29, 1.82) is 5.26 Å². The second-order valence-electron chi connectivity index (χ2n) is 5.90. The summed E-state index contributed by atoms with van der Waals surface area (Å²) >= 11 is 0. The van der Waals surface area contributed by atoms with Gasteiger partial charge < -0.3 is 9.32 Å². The summed E-state index contributed by atoms with van der Waals surface area (Å²) in [7, 11) is 0. The fourth-order valence-corrected chi connectivity index (χ4v) is 2.91. The first-order valence-electron chi connectivity index (χ1n) is 7.67. The number of benzene rings is 1. The van der Waals surface area contributed by atoms with E-state index in [4.69, 9.17) is 4.42 Å². The van der Waals surface area contributed by atoms with Crippen LogP contribution in [0, 0.1) is 18.3 Å². The van der Waals surface area contributed by atoms with E-state index in [0.717, 1.165) is 11.5 Å². The van der Waals surface area contributed by atoms with Crippen LogP contribution in [-0.4, -0.2) is 29.9 Å². The van der Waals surface area contributed by atoms with E-state index in [1.807, 2.05) is 37.3 Å². The number of piperazine rings is 1. The van der Waals surface area contributed by atoms with Crippen LogP contribution in [0.4, 0.5) is 5.69 Å². The maximum absolute atomic E-state index is 12.6. The molecule has 5 nitrogen and oxygen atoms in total. The lowest BCUT2D eigenvalue weighted by molar-refractivity contribution is -0.122. The third kappa shape index (κ3) is 3.13. The number of aryl methyl sites for hydroxylation is 1. The van der Waals surface area contributed by atoms with E-state index in [9.17, 15) is 10.1 Å². The number of anilines is 1. The minimum atomic E-state index is 0.00841. The highest BCUT2D eigenvalue weighted by Gasteiger charge is 2.31. The molecule has 0 saturated carbocycles. The van der Waals surface area contributed by atoms with Gasteiger partial charge in [0.05, 0.1) is 24.3 Å². The Labute approximate surface area is 135 Å². The summed E-state index contributed by atoms with van der Waals surface area (Å²) in [6.45, 7) is 5.51. The first kappa shape index (κ1) is 15.3. The number of amides is 1. The van der Waals surface area contributed by atoms with Gasteiger partial charge in [-0.1, -0.05) is 12.1 Å². The van der Waals surface area contributed by atoms with Crippen LogP contribution >= 0.6 is 0 Å². The maximum atomic E-state index is 12.6. The Morgan fingerprint density at radius 2 is 2.09 bits per heavy atom. The highest BCUT2D eigenvalue weighted by Crippen LogP contribution is 2.24. The molecule has 0 bridgehead atoms. The number of carbonyl (C=O) groups excluding carboxylic acids is 1. The van der Waals surface area contributed by atoms with Crippen molar-refractivity contribution in [2.45, 2.75) is 26.4 Å². The highest BCUT2D eigenvalue weighted by molar-refractivity contribution is 5.96. The Morgan fingerprint density at radius 3 is 2.78 bits per heavy atom. The van der Waals surface area contributed by atoms with E-state index in [1.165, 1.54) is 0 Å². The Morgan fingerprint density at radius 1 is 1.30 bits per heavy atom. The number of nitrogens with zero attached hydrogens (tertiary/aromatic N) is 3. The third-order valence-electron chi connectivity index (χ3n) is 4.18. The zero-order chi connectivity index (χ0) is 16.4. The smallest absolute Gasteiger partial charge is 0.241 e. The molecule has 1 atom stereocenters. The van der Waals surface area contributed by atoms with Crippen molar-refractivity contribution in [3.8, 4) is 6.07 Å². The van der Waals surface area contributed by atoms with Gasteiger partial charge in [0.15, 0.2) is 0 Å². The van der Waals surface area contributed by atoms with Crippen LogP contribution in [0.2, 0.25) is 0 Å². The average Bonchev–Trinajstić information content (AvgIpc) is 2.95. The Bertz CT molecular complexity index is 760. The Kier molecular flexibility index (Phi) is 4.18. The number of hydrogen-bond acceptors (Lipinski definition) is 4. The minimum absolute atomic E-state index is 0.00841. The fourth-order valence-electron chi connectivity index (χ4n) is 2.91. The van der Waals surface area contributed by atoms with Crippen molar-refractivity contribution in [2.24, 2.45) is 0 Å². The number of nitriles is 1. The molecule has 1 aliphatic heterocycles. The zero-order valence-corrected chi connectivity index (χ0v) is 13.3. The predicted molar refractivity (Wildman–Crippen MR) is 86.8 cm³/mol. The lowest BCUT2D eigenvalue weighted by Crippen LogP contribution is -2.55. The van der Waals surface area contributed by atoms with Crippen molar-refractivity contribution in [2.75, 3.05) is 18.0 Å². The van der Waals surface area contributed by atoms with Crippen LogP contribution in [0.15, 0.2) is 40.8 Å². The summed E-state index contributed by atoms with van der Waals surface area (Å²) in [6, 6.07) is 13.5. The summed E-state index contributed by atoms with van der Waals surface area (Å²) in [5, 5.41) is 9.24. The monoisotopic (exact) mass is 309 g/mol. The average molecular weight is 309 g/mol. The molecule has 1 fully saturated rings. The lowest BCUT2D eigenvalue weighted by Gasteiger charge is -2.39. The van der Waals surface area contributed by atoms with Crippen molar-refractivity contribution < 1.29 is 9.21 Å². The molecule has 1 aromatic carbocycles. The van der Waals surface area contributed by atoms with Gasteiger partial charge in [-0.05, 0) is 38.1 Å². The molecule has 1 aromatic heterocycles. The first-order valence-corrected chi connectivity index (χ1v) is 7.67. The van der Waals surface area contributed by atoms with E-state index in [0.29, 0.717) is 30.9 Å². The Balaban J connectivity index is 1.77. The van der Waals surface area contributed by atoms with Crippen molar-refractivity contribution in [3.05, 3.63) is 53.5 Å². The van der Waals surface area contributed by atoms with Gasteiger partial charge in [-0.3, -0.25) is 9.69 Å². The molecule has 118 valence electrons. The topological polar surface area (TPSA) is 60.5 Å². The molecule has 2 aromatic rings. The molecule has 3 rings (SSSR count). The predicted octanol–water partition coefficient (Wildman–Crippen LogP) is 2.70. The molecule has 1 unspecified atom stereocenters. The summed E-state index contributed by atoms with van der Waals surface area (Å²) < 4.78 is 5.61. The number of hydrogen-bond donors (Lipinski definition) is 0. The molecule has 2 heterocycles. The first-order chi connectivity index (χ1) is 11.1. The molecule has 0 spiro atoms. The molecule has 0 radical (unpaired) electrons. The Hall–Kier alpha value is -2.58.